The highest BCUT2D eigenvalue weighted by molar-refractivity contribution is 6.47. The van der Waals surface area contributed by atoms with Gasteiger partial charge in [0.1, 0.15) is 17.6 Å². The lowest BCUT2D eigenvalue weighted by Gasteiger charge is -2.64. The minimum atomic E-state index is -4.51. The second kappa shape index (κ2) is 13.0. The molecule has 1 aromatic heterocycles. The zero-order valence-corrected chi connectivity index (χ0v) is 30.0. The van der Waals surface area contributed by atoms with Crippen molar-refractivity contribution in [2.24, 2.45) is 17.3 Å². The molecule has 3 saturated carbocycles. The van der Waals surface area contributed by atoms with Gasteiger partial charge in [-0.1, -0.05) is 58.0 Å². The zero-order valence-electron chi connectivity index (χ0n) is 30.0. The van der Waals surface area contributed by atoms with E-state index in [0.29, 0.717) is 29.5 Å². The maximum Gasteiger partial charge on any atom is 0.481 e. The van der Waals surface area contributed by atoms with E-state index in [1.54, 1.807) is 31.2 Å². The second-order valence-electron chi connectivity index (χ2n) is 16.0. The molecule has 14 heteroatoms. The number of para-hydroxylation sites is 1. The summed E-state index contributed by atoms with van der Waals surface area (Å²) in [5, 5.41) is 8.93. The molecule has 4 fully saturated rings. The number of fused-ring (bicyclic) bond motifs is 1. The van der Waals surface area contributed by atoms with E-state index in [4.69, 9.17) is 9.31 Å². The number of benzene rings is 2. The number of nitrogens with zero attached hydrogens (tertiary/aromatic N) is 2. The van der Waals surface area contributed by atoms with Gasteiger partial charge < -0.3 is 25.3 Å². The van der Waals surface area contributed by atoms with Gasteiger partial charge in [-0.2, -0.15) is 13.2 Å². The van der Waals surface area contributed by atoms with Crippen LogP contribution in [0.3, 0.4) is 0 Å². The fourth-order valence-corrected chi connectivity index (χ4v) is 9.15. The number of anilines is 2. The van der Waals surface area contributed by atoms with E-state index < -0.39 is 53.3 Å². The molecule has 1 saturated heterocycles. The molecular formula is C38H45BF3N5O5. The molecule has 3 heterocycles. The van der Waals surface area contributed by atoms with Crippen LogP contribution >= 0.6 is 0 Å². The largest absolute Gasteiger partial charge is 0.481 e. The van der Waals surface area contributed by atoms with Crippen LogP contribution in [0.4, 0.5) is 24.5 Å². The van der Waals surface area contributed by atoms with E-state index in [1.807, 2.05) is 13.0 Å². The Kier molecular flexibility index (Phi) is 9.09. The summed E-state index contributed by atoms with van der Waals surface area (Å²) >= 11 is 0. The van der Waals surface area contributed by atoms with Crippen molar-refractivity contribution in [2.45, 2.75) is 109 Å². The van der Waals surface area contributed by atoms with Gasteiger partial charge in [0.2, 0.25) is 11.8 Å². The van der Waals surface area contributed by atoms with E-state index >= 15 is 0 Å². The summed E-state index contributed by atoms with van der Waals surface area (Å²) in [7, 11) is -0.668. The molecule has 2 aromatic carbocycles. The first-order chi connectivity index (χ1) is 24.5. The first-order valence-electron chi connectivity index (χ1n) is 18.0. The summed E-state index contributed by atoms with van der Waals surface area (Å²) in [5.74, 6) is -0.0621. The van der Waals surface area contributed by atoms with Crippen molar-refractivity contribution in [1.82, 2.24) is 14.9 Å². The van der Waals surface area contributed by atoms with Crippen molar-refractivity contribution < 1.29 is 32.1 Å². The maximum atomic E-state index is 14.3. The van der Waals surface area contributed by atoms with Gasteiger partial charge in [0, 0.05) is 24.1 Å². The Labute approximate surface area is 301 Å². The Morgan fingerprint density at radius 3 is 2.52 bits per heavy atom. The molecule has 0 unspecified atom stereocenters. The summed E-state index contributed by atoms with van der Waals surface area (Å²) in [6.45, 7) is 10.3. The summed E-state index contributed by atoms with van der Waals surface area (Å²) in [5.41, 5.74) is -1.74. The number of halogens is 3. The quantitative estimate of drug-likeness (QED) is 0.211. The van der Waals surface area contributed by atoms with Crippen molar-refractivity contribution in [1.29, 1.82) is 0 Å². The molecule has 10 nitrogen and oxygen atoms in total. The fraction of sp³-hybridized carbons (Fsp3) is 0.526. The lowest BCUT2D eigenvalue weighted by Crippen LogP contribution is -2.65. The molecule has 0 spiro atoms. The molecule has 5 aliphatic rings. The highest BCUT2D eigenvalue weighted by Crippen LogP contribution is 2.65. The van der Waals surface area contributed by atoms with Crippen LogP contribution in [0.25, 0.3) is 0 Å². The monoisotopic (exact) mass is 719 g/mol. The molecule has 2 amide bonds. The molecular weight excluding hydrogens is 674 g/mol. The lowest BCUT2D eigenvalue weighted by molar-refractivity contribution is -0.199. The summed E-state index contributed by atoms with van der Waals surface area (Å²) in [6, 6.07) is 12.8. The molecule has 7 atom stereocenters. The molecule has 3 aliphatic carbocycles. The Morgan fingerprint density at radius 2 is 1.83 bits per heavy atom. The maximum absolute atomic E-state index is 14.3. The SMILES string of the molecule is CC[C@H](NC(=O)[C@@H]1C[C@@](C)(CC(=O)Nc2ccccc2)c2ncc(NCc3cccc(C(F)(F)F)c3)c(=O)n21)B1O[C@@H]2C[C@@H]3C[C@@H](C3(C)C)[C@]2(C)O1. The van der Waals surface area contributed by atoms with Crippen LogP contribution in [-0.4, -0.2) is 46.1 Å². The standard InChI is InChI=1S/C38H45BF3N5O5/c1-6-30(39-51-29-17-24-16-28(35(24,2)3)37(29,5)52-39)46-32(49)27-18-36(4,19-31(48)45-25-13-8-7-9-14-25)34-44-21-26(33(50)47(27)34)43-20-22-11-10-12-23(15-22)38(40,41)42/h7-15,21,24,27-30,43H,6,16-20H2,1-5H3,(H,45,48)(H,46,49)/t24-,27-,28-,29+,30-,36-,37-/m0/s1. The van der Waals surface area contributed by atoms with Crippen LogP contribution in [0, 0.1) is 17.3 Å². The van der Waals surface area contributed by atoms with Gasteiger partial charge in [0.15, 0.2) is 0 Å². The first kappa shape index (κ1) is 36.2. The number of aromatic nitrogens is 2. The van der Waals surface area contributed by atoms with E-state index in [1.165, 1.54) is 22.9 Å². The van der Waals surface area contributed by atoms with Gasteiger partial charge in [0.05, 0.1) is 29.4 Å². The summed E-state index contributed by atoms with van der Waals surface area (Å²) in [4.78, 5) is 46.4. The lowest BCUT2D eigenvalue weighted by atomic mass is 9.43. The molecule has 52 heavy (non-hydrogen) atoms. The molecule has 0 radical (unpaired) electrons. The molecule has 2 aliphatic heterocycles. The first-order valence-corrected chi connectivity index (χ1v) is 18.0. The number of hydrogen-bond acceptors (Lipinski definition) is 7. The van der Waals surface area contributed by atoms with Crippen LogP contribution < -0.4 is 21.5 Å². The molecule has 3 N–H and O–H groups in total. The number of alkyl halides is 3. The second-order valence-corrected chi connectivity index (χ2v) is 16.0. The van der Waals surface area contributed by atoms with Crippen molar-refractivity contribution in [2.75, 3.05) is 10.6 Å². The summed E-state index contributed by atoms with van der Waals surface area (Å²) < 4.78 is 54.5. The van der Waals surface area contributed by atoms with Gasteiger partial charge in [-0.3, -0.25) is 19.0 Å². The van der Waals surface area contributed by atoms with Crippen molar-refractivity contribution in [3.63, 3.8) is 0 Å². The molecule has 276 valence electrons. The molecule has 8 rings (SSSR count). The Balaban J connectivity index is 1.14. The van der Waals surface area contributed by atoms with Crippen LogP contribution in [-0.2, 0) is 37.0 Å². The summed E-state index contributed by atoms with van der Waals surface area (Å²) in [6.07, 6.45) is -0.706. The number of carbonyl (C=O) groups excluding carboxylic acids is 2. The Hall–Kier alpha value is -4.17. The number of amides is 2. The number of rotatable bonds is 10. The molecule has 3 aromatic rings. The molecule has 2 bridgehead atoms. The predicted octanol–water partition coefficient (Wildman–Crippen LogP) is 6.27. The van der Waals surface area contributed by atoms with Gasteiger partial charge in [-0.25, -0.2) is 4.98 Å². The number of carbonyl (C=O) groups is 2. The van der Waals surface area contributed by atoms with Crippen molar-refractivity contribution in [3.8, 4) is 0 Å². The minimum Gasteiger partial charge on any atom is -0.404 e. The minimum absolute atomic E-state index is 0.0186. The van der Waals surface area contributed by atoms with E-state index in [2.05, 4.69) is 41.7 Å². The van der Waals surface area contributed by atoms with E-state index in [9.17, 15) is 27.6 Å². The average Bonchev–Trinajstić information content (AvgIpc) is 3.61. The number of hydrogen-bond donors (Lipinski definition) is 3. The van der Waals surface area contributed by atoms with Gasteiger partial charge in [0.25, 0.3) is 5.56 Å². The fourth-order valence-electron chi connectivity index (χ4n) is 9.15. The van der Waals surface area contributed by atoms with Crippen LogP contribution in [0.2, 0.25) is 0 Å². The highest BCUT2D eigenvalue weighted by Gasteiger charge is 2.68. The predicted molar refractivity (Wildman–Crippen MR) is 190 cm³/mol. The van der Waals surface area contributed by atoms with Crippen LogP contribution in [0.15, 0.2) is 65.6 Å². The third-order valence-corrected chi connectivity index (χ3v) is 12.2. The highest BCUT2D eigenvalue weighted by atomic mass is 19.4. The van der Waals surface area contributed by atoms with Crippen molar-refractivity contribution >= 4 is 30.3 Å². The average molecular weight is 720 g/mol. The third kappa shape index (κ3) is 6.31. The van der Waals surface area contributed by atoms with E-state index in [-0.39, 0.29) is 48.3 Å². The number of nitrogens with one attached hydrogen (secondary N) is 3. The van der Waals surface area contributed by atoms with Gasteiger partial charge >= 0.3 is 13.3 Å². The third-order valence-electron chi connectivity index (χ3n) is 12.2. The van der Waals surface area contributed by atoms with E-state index in [0.717, 1.165) is 25.0 Å². The van der Waals surface area contributed by atoms with Gasteiger partial charge in [-0.15, -0.1) is 0 Å². The van der Waals surface area contributed by atoms with Crippen LogP contribution in [0.1, 0.15) is 89.7 Å². The Morgan fingerprint density at radius 1 is 1.08 bits per heavy atom. The van der Waals surface area contributed by atoms with Gasteiger partial charge in [-0.05, 0) is 79.7 Å². The smallest absolute Gasteiger partial charge is 0.404 e. The van der Waals surface area contributed by atoms with Crippen molar-refractivity contribution in [3.05, 3.63) is 88.1 Å². The zero-order chi connectivity index (χ0) is 37.2. The van der Waals surface area contributed by atoms with Crippen LogP contribution in [0.5, 0.6) is 0 Å². The Bertz CT molecular complexity index is 1920. The normalized spacial score (nSPS) is 29.0. The topological polar surface area (TPSA) is 124 Å².